The molecule has 0 aromatic carbocycles. The molecule has 2 aromatic heterocycles. The van der Waals surface area contributed by atoms with Crippen LogP contribution in [0.1, 0.15) is 18.4 Å². The first-order chi connectivity index (χ1) is 8.88. The van der Waals surface area contributed by atoms with Crippen LogP contribution in [-0.2, 0) is 13.1 Å². The van der Waals surface area contributed by atoms with Crippen LogP contribution in [0, 0.1) is 0 Å². The zero-order valence-electron chi connectivity index (χ0n) is 10.3. The molecule has 18 heavy (non-hydrogen) atoms. The van der Waals surface area contributed by atoms with E-state index in [0.717, 1.165) is 24.0 Å². The molecule has 0 aliphatic carbocycles. The fraction of sp³-hybridized carbons (Fsp3) is 0.308. The Balaban J connectivity index is 1.88. The largest absolute Gasteiger partial charge is 0.467 e. The Hall–Kier alpha value is -2.17. The molecule has 0 bridgehead atoms. The van der Waals surface area contributed by atoms with Crippen LogP contribution < -0.4 is 10.6 Å². The highest BCUT2D eigenvalue weighted by molar-refractivity contribution is 5.79. The maximum absolute atomic E-state index is 5.25. The number of guanidine groups is 1. The molecular formula is C13H17N3O2. The first-order valence-corrected chi connectivity index (χ1v) is 5.95. The minimum absolute atomic E-state index is 0.514. The molecule has 5 nitrogen and oxygen atoms in total. The van der Waals surface area contributed by atoms with E-state index in [-0.39, 0.29) is 0 Å². The van der Waals surface area contributed by atoms with Crippen LogP contribution >= 0.6 is 0 Å². The van der Waals surface area contributed by atoms with Crippen LogP contribution in [-0.4, -0.2) is 12.5 Å². The van der Waals surface area contributed by atoms with E-state index >= 15 is 0 Å². The standard InChI is InChI=1S/C13H17N3O2/c1-2-14-13(15-9-11-5-3-7-17-11)16-10-12-6-4-8-18-12/h3-8H,2,9-10H2,1H3,(H2,14,15,16). The summed E-state index contributed by atoms with van der Waals surface area (Å²) < 4.78 is 10.5. The van der Waals surface area contributed by atoms with Gasteiger partial charge in [-0.15, -0.1) is 0 Å². The van der Waals surface area contributed by atoms with Gasteiger partial charge < -0.3 is 19.5 Å². The third kappa shape index (κ3) is 3.69. The van der Waals surface area contributed by atoms with Crippen LogP contribution in [0.3, 0.4) is 0 Å². The Morgan fingerprint density at radius 1 is 1.11 bits per heavy atom. The number of hydrogen-bond donors (Lipinski definition) is 2. The van der Waals surface area contributed by atoms with E-state index in [1.54, 1.807) is 12.5 Å². The summed E-state index contributed by atoms with van der Waals surface area (Å²) in [6, 6.07) is 7.54. The Bertz CT molecular complexity index is 460. The average Bonchev–Trinajstić information content (AvgIpc) is 3.05. The molecule has 0 aliphatic rings. The highest BCUT2D eigenvalue weighted by Gasteiger charge is 2.00. The summed E-state index contributed by atoms with van der Waals surface area (Å²) in [6.07, 6.45) is 3.30. The Morgan fingerprint density at radius 2 is 1.83 bits per heavy atom. The molecule has 0 spiro atoms. The summed E-state index contributed by atoms with van der Waals surface area (Å²) in [5.41, 5.74) is 0. The molecule has 0 saturated carbocycles. The predicted octanol–water partition coefficient (Wildman–Crippen LogP) is 2.13. The van der Waals surface area contributed by atoms with E-state index in [1.807, 2.05) is 31.2 Å². The van der Waals surface area contributed by atoms with E-state index in [2.05, 4.69) is 15.6 Å². The molecule has 2 N–H and O–H groups in total. The van der Waals surface area contributed by atoms with Gasteiger partial charge in [-0.3, -0.25) is 0 Å². The maximum Gasteiger partial charge on any atom is 0.192 e. The Morgan fingerprint density at radius 3 is 2.44 bits per heavy atom. The summed E-state index contributed by atoms with van der Waals surface area (Å²) in [6.45, 7) is 3.95. The number of furan rings is 2. The number of nitrogens with zero attached hydrogens (tertiary/aromatic N) is 1. The molecule has 2 aromatic rings. The van der Waals surface area contributed by atoms with Crippen molar-refractivity contribution < 1.29 is 8.83 Å². The van der Waals surface area contributed by atoms with Crippen LogP contribution in [0.5, 0.6) is 0 Å². The molecule has 0 amide bonds. The molecule has 0 aliphatic heterocycles. The maximum atomic E-state index is 5.25. The lowest BCUT2D eigenvalue weighted by Gasteiger charge is -2.09. The predicted molar refractivity (Wildman–Crippen MR) is 69.1 cm³/mol. The van der Waals surface area contributed by atoms with Gasteiger partial charge >= 0.3 is 0 Å². The molecular weight excluding hydrogens is 230 g/mol. The number of rotatable bonds is 5. The van der Waals surface area contributed by atoms with Gasteiger partial charge in [0.2, 0.25) is 0 Å². The highest BCUT2D eigenvalue weighted by atomic mass is 16.3. The van der Waals surface area contributed by atoms with Gasteiger partial charge in [-0.2, -0.15) is 0 Å². The Kier molecular flexibility index (Phi) is 4.46. The van der Waals surface area contributed by atoms with Crippen molar-refractivity contribution in [3.8, 4) is 0 Å². The van der Waals surface area contributed by atoms with Crippen molar-refractivity contribution in [1.82, 2.24) is 10.6 Å². The lowest BCUT2D eigenvalue weighted by Crippen LogP contribution is -2.36. The molecule has 2 heterocycles. The fourth-order valence-electron chi connectivity index (χ4n) is 1.49. The second kappa shape index (κ2) is 6.54. The molecule has 96 valence electrons. The van der Waals surface area contributed by atoms with Crippen molar-refractivity contribution in [2.45, 2.75) is 20.0 Å². The molecule has 0 saturated heterocycles. The third-order valence-electron chi connectivity index (χ3n) is 2.33. The van der Waals surface area contributed by atoms with Crippen LogP contribution in [0.25, 0.3) is 0 Å². The lowest BCUT2D eigenvalue weighted by molar-refractivity contribution is 0.499. The Labute approximate surface area is 106 Å². The first-order valence-electron chi connectivity index (χ1n) is 5.95. The summed E-state index contributed by atoms with van der Waals surface area (Å²) in [4.78, 5) is 4.41. The molecule has 0 radical (unpaired) electrons. The second-order valence-electron chi connectivity index (χ2n) is 3.71. The van der Waals surface area contributed by atoms with Gasteiger partial charge in [0, 0.05) is 6.54 Å². The zero-order chi connectivity index (χ0) is 12.6. The third-order valence-corrected chi connectivity index (χ3v) is 2.33. The van der Waals surface area contributed by atoms with Crippen LogP contribution in [0.2, 0.25) is 0 Å². The van der Waals surface area contributed by atoms with E-state index < -0.39 is 0 Å². The summed E-state index contributed by atoms with van der Waals surface area (Å²) in [7, 11) is 0. The van der Waals surface area contributed by atoms with Gasteiger partial charge in [-0.05, 0) is 31.2 Å². The number of aliphatic imine (C=N–C) groups is 1. The van der Waals surface area contributed by atoms with E-state index in [4.69, 9.17) is 8.83 Å². The normalized spacial score (nSPS) is 11.5. The van der Waals surface area contributed by atoms with E-state index in [0.29, 0.717) is 13.1 Å². The zero-order valence-corrected chi connectivity index (χ0v) is 10.3. The topological polar surface area (TPSA) is 62.7 Å². The summed E-state index contributed by atoms with van der Waals surface area (Å²) in [5.74, 6) is 2.45. The van der Waals surface area contributed by atoms with Crippen LogP contribution in [0.4, 0.5) is 0 Å². The van der Waals surface area contributed by atoms with Gasteiger partial charge in [-0.1, -0.05) is 0 Å². The van der Waals surface area contributed by atoms with Gasteiger partial charge in [0.25, 0.3) is 0 Å². The van der Waals surface area contributed by atoms with E-state index in [1.165, 1.54) is 0 Å². The van der Waals surface area contributed by atoms with Crippen molar-refractivity contribution in [3.63, 3.8) is 0 Å². The average molecular weight is 247 g/mol. The molecule has 0 atom stereocenters. The van der Waals surface area contributed by atoms with Gasteiger partial charge in [0.05, 0.1) is 19.1 Å². The minimum atomic E-state index is 0.514. The van der Waals surface area contributed by atoms with Crippen molar-refractivity contribution in [2.24, 2.45) is 4.99 Å². The lowest BCUT2D eigenvalue weighted by atomic mass is 10.4. The SMILES string of the molecule is CCNC(=NCc1ccco1)NCc1ccco1. The van der Waals surface area contributed by atoms with Gasteiger partial charge in [0.15, 0.2) is 5.96 Å². The highest BCUT2D eigenvalue weighted by Crippen LogP contribution is 2.02. The van der Waals surface area contributed by atoms with Gasteiger partial charge in [0.1, 0.15) is 18.1 Å². The molecule has 5 heteroatoms. The van der Waals surface area contributed by atoms with Crippen molar-refractivity contribution in [3.05, 3.63) is 48.3 Å². The number of hydrogen-bond acceptors (Lipinski definition) is 3. The summed E-state index contributed by atoms with van der Waals surface area (Å²) in [5, 5.41) is 6.35. The van der Waals surface area contributed by atoms with Crippen molar-refractivity contribution in [1.29, 1.82) is 0 Å². The molecule has 0 unspecified atom stereocenters. The smallest absolute Gasteiger partial charge is 0.192 e. The van der Waals surface area contributed by atoms with Crippen molar-refractivity contribution >= 4 is 5.96 Å². The second-order valence-corrected chi connectivity index (χ2v) is 3.71. The molecule has 2 rings (SSSR count). The first kappa shape index (κ1) is 12.3. The fourth-order valence-corrected chi connectivity index (χ4v) is 1.49. The quantitative estimate of drug-likeness (QED) is 0.627. The number of nitrogens with one attached hydrogen (secondary N) is 2. The molecule has 0 fully saturated rings. The van der Waals surface area contributed by atoms with Gasteiger partial charge in [-0.25, -0.2) is 4.99 Å². The van der Waals surface area contributed by atoms with Crippen LogP contribution in [0.15, 0.2) is 50.6 Å². The monoisotopic (exact) mass is 247 g/mol. The minimum Gasteiger partial charge on any atom is -0.467 e. The van der Waals surface area contributed by atoms with Crippen molar-refractivity contribution in [2.75, 3.05) is 6.54 Å². The summed E-state index contributed by atoms with van der Waals surface area (Å²) >= 11 is 0. The van der Waals surface area contributed by atoms with E-state index in [9.17, 15) is 0 Å².